The highest BCUT2D eigenvalue weighted by molar-refractivity contribution is 5.29. The summed E-state index contributed by atoms with van der Waals surface area (Å²) in [5.41, 5.74) is 0.747. The Balaban J connectivity index is 3.28. The van der Waals surface area contributed by atoms with Gasteiger partial charge in [-0.1, -0.05) is 0 Å². The molecule has 0 saturated heterocycles. The molecule has 0 bridgehead atoms. The van der Waals surface area contributed by atoms with E-state index in [1.165, 1.54) is 13.2 Å². The fourth-order valence-electron chi connectivity index (χ4n) is 1.38. The molecular formula is C10H15NO4. The molecule has 0 unspecified atom stereocenters. The van der Waals surface area contributed by atoms with Crippen molar-refractivity contribution in [2.24, 2.45) is 7.05 Å². The molecule has 0 spiro atoms. The summed E-state index contributed by atoms with van der Waals surface area (Å²) in [6, 6.07) is 1.36. The van der Waals surface area contributed by atoms with E-state index in [1.54, 1.807) is 18.7 Å². The number of aromatic hydroxyl groups is 1. The topological polar surface area (TPSA) is 60.7 Å². The first-order valence-electron chi connectivity index (χ1n) is 4.50. The SMILES string of the molecule is COCc1cc(=O)c(O)c(COC)n1C. The van der Waals surface area contributed by atoms with Crippen LogP contribution in [0, 0.1) is 0 Å². The molecule has 15 heavy (non-hydrogen) atoms. The highest BCUT2D eigenvalue weighted by atomic mass is 16.5. The smallest absolute Gasteiger partial charge is 0.223 e. The molecule has 0 radical (unpaired) electrons. The first kappa shape index (κ1) is 11.7. The van der Waals surface area contributed by atoms with Gasteiger partial charge in [-0.2, -0.15) is 0 Å². The average Bonchev–Trinajstić information content (AvgIpc) is 2.21. The molecule has 0 aromatic carbocycles. The predicted octanol–water partition coefficient (Wildman–Crippen LogP) is 0.384. The minimum atomic E-state index is -0.410. The number of rotatable bonds is 4. The quantitative estimate of drug-likeness (QED) is 0.785. The molecule has 0 saturated carbocycles. The van der Waals surface area contributed by atoms with Crippen LogP contribution in [-0.4, -0.2) is 23.9 Å². The van der Waals surface area contributed by atoms with Crippen molar-refractivity contribution in [3.8, 4) is 5.75 Å². The first-order valence-corrected chi connectivity index (χ1v) is 4.50. The lowest BCUT2D eigenvalue weighted by Crippen LogP contribution is -2.16. The monoisotopic (exact) mass is 213 g/mol. The van der Waals surface area contributed by atoms with E-state index in [0.717, 1.165) is 0 Å². The van der Waals surface area contributed by atoms with Crippen LogP contribution in [-0.2, 0) is 29.7 Å². The van der Waals surface area contributed by atoms with E-state index < -0.39 is 5.43 Å². The Morgan fingerprint density at radius 2 is 1.93 bits per heavy atom. The summed E-state index contributed by atoms with van der Waals surface area (Å²) in [4.78, 5) is 11.4. The van der Waals surface area contributed by atoms with E-state index in [1.807, 2.05) is 0 Å². The van der Waals surface area contributed by atoms with E-state index in [0.29, 0.717) is 18.0 Å². The van der Waals surface area contributed by atoms with Crippen LogP contribution in [0.5, 0.6) is 5.75 Å². The summed E-state index contributed by atoms with van der Waals surface area (Å²) in [7, 11) is 4.81. The number of hydrogen-bond acceptors (Lipinski definition) is 4. The normalized spacial score (nSPS) is 10.6. The van der Waals surface area contributed by atoms with E-state index in [2.05, 4.69) is 0 Å². The van der Waals surface area contributed by atoms with Gasteiger partial charge in [0, 0.05) is 33.0 Å². The summed E-state index contributed by atoms with van der Waals surface area (Å²) in [6.07, 6.45) is 0. The Hall–Kier alpha value is -1.33. The van der Waals surface area contributed by atoms with Crippen molar-refractivity contribution in [3.63, 3.8) is 0 Å². The summed E-state index contributed by atoms with van der Waals surface area (Å²) < 4.78 is 11.6. The van der Waals surface area contributed by atoms with Crippen LogP contribution in [0.4, 0.5) is 0 Å². The number of methoxy groups -OCH3 is 2. The maximum absolute atomic E-state index is 11.4. The number of nitrogens with zero attached hydrogens (tertiary/aromatic N) is 1. The molecule has 0 amide bonds. The lowest BCUT2D eigenvalue weighted by Gasteiger charge is -2.14. The van der Waals surface area contributed by atoms with Gasteiger partial charge in [0.15, 0.2) is 5.75 Å². The molecule has 1 aromatic heterocycles. The van der Waals surface area contributed by atoms with Crippen molar-refractivity contribution in [3.05, 3.63) is 27.7 Å². The first-order chi connectivity index (χ1) is 7.11. The minimum absolute atomic E-state index is 0.190. The second kappa shape index (κ2) is 4.95. The van der Waals surface area contributed by atoms with E-state index >= 15 is 0 Å². The fraction of sp³-hybridized carbons (Fsp3) is 0.500. The maximum Gasteiger partial charge on any atom is 0.223 e. The highest BCUT2D eigenvalue weighted by Gasteiger charge is 2.11. The summed E-state index contributed by atoms with van der Waals surface area (Å²) in [6.45, 7) is 0.512. The Morgan fingerprint density at radius 3 is 2.47 bits per heavy atom. The predicted molar refractivity (Wildman–Crippen MR) is 54.8 cm³/mol. The molecule has 1 aromatic rings. The molecule has 1 heterocycles. The zero-order valence-corrected chi connectivity index (χ0v) is 9.11. The van der Waals surface area contributed by atoms with Gasteiger partial charge in [-0.3, -0.25) is 4.79 Å². The Bertz CT molecular complexity index is 397. The molecular weight excluding hydrogens is 198 g/mol. The molecule has 0 aliphatic heterocycles. The summed E-state index contributed by atoms with van der Waals surface area (Å²) in [5, 5.41) is 9.55. The second-order valence-corrected chi connectivity index (χ2v) is 3.22. The average molecular weight is 213 g/mol. The number of ether oxygens (including phenoxy) is 2. The molecule has 5 heteroatoms. The molecule has 0 fully saturated rings. The van der Waals surface area contributed by atoms with E-state index in [9.17, 15) is 9.90 Å². The van der Waals surface area contributed by atoms with Crippen LogP contribution in [0.3, 0.4) is 0 Å². The molecule has 1 rings (SSSR count). The molecule has 5 nitrogen and oxygen atoms in total. The second-order valence-electron chi connectivity index (χ2n) is 3.22. The standard InChI is InChI=1S/C10H15NO4/c1-11-7(5-14-2)4-9(12)10(13)8(11)6-15-3/h4,13H,5-6H2,1-3H3. The maximum atomic E-state index is 11.4. The van der Waals surface area contributed by atoms with Crippen LogP contribution in [0.1, 0.15) is 11.4 Å². The van der Waals surface area contributed by atoms with Gasteiger partial charge in [-0.25, -0.2) is 0 Å². The van der Waals surface area contributed by atoms with Gasteiger partial charge in [-0.15, -0.1) is 0 Å². The highest BCUT2D eigenvalue weighted by Crippen LogP contribution is 2.14. The van der Waals surface area contributed by atoms with Gasteiger partial charge in [-0.05, 0) is 0 Å². The van der Waals surface area contributed by atoms with Crippen LogP contribution >= 0.6 is 0 Å². The van der Waals surface area contributed by atoms with Crippen molar-refractivity contribution >= 4 is 0 Å². The largest absolute Gasteiger partial charge is 0.503 e. The summed E-state index contributed by atoms with van der Waals surface area (Å²) in [5.74, 6) is -0.265. The minimum Gasteiger partial charge on any atom is -0.503 e. The number of hydrogen-bond donors (Lipinski definition) is 1. The van der Waals surface area contributed by atoms with Gasteiger partial charge in [0.05, 0.1) is 18.9 Å². The third-order valence-corrected chi connectivity index (χ3v) is 2.21. The van der Waals surface area contributed by atoms with Crippen LogP contribution in [0.2, 0.25) is 0 Å². The van der Waals surface area contributed by atoms with Crippen molar-refractivity contribution in [2.45, 2.75) is 13.2 Å². The molecule has 84 valence electrons. The van der Waals surface area contributed by atoms with Crippen molar-refractivity contribution in [2.75, 3.05) is 14.2 Å². The van der Waals surface area contributed by atoms with Gasteiger partial charge < -0.3 is 19.1 Å². The van der Waals surface area contributed by atoms with Crippen molar-refractivity contribution in [1.29, 1.82) is 0 Å². The molecule has 0 atom stereocenters. The third-order valence-electron chi connectivity index (χ3n) is 2.21. The van der Waals surface area contributed by atoms with Gasteiger partial charge in [0.2, 0.25) is 5.43 Å². The van der Waals surface area contributed by atoms with Crippen molar-refractivity contribution in [1.82, 2.24) is 4.57 Å². The Kier molecular flexibility index (Phi) is 3.88. The third kappa shape index (κ3) is 2.37. The zero-order chi connectivity index (χ0) is 11.4. The van der Waals surface area contributed by atoms with Crippen LogP contribution in [0.15, 0.2) is 10.9 Å². The van der Waals surface area contributed by atoms with Crippen LogP contribution in [0.25, 0.3) is 0 Å². The lowest BCUT2D eigenvalue weighted by atomic mass is 10.2. The summed E-state index contributed by atoms with van der Waals surface area (Å²) >= 11 is 0. The molecule has 0 aliphatic rings. The van der Waals surface area contributed by atoms with Crippen LogP contribution < -0.4 is 5.43 Å². The molecule has 0 aliphatic carbocycles. The fourth-order valence-corrected chi connectivity index (χ4v) is 1.38. The Labute approximate surface area is 87.9 Å². The Morgan fingerprint density at radius 1 is 1.33 bits per heavy atom. The van der Waals surface area contributed by atoms with Gasteiger partial charge >= 0.3 is 0 Å². The zero-order valence-electron chi connectivity index (χ0n) is 9.11. The van der Waals surface area contributed by atoms with E-state index in [4.69, 9.17) is 9.47 Å². The van der Waals surface area contributed by atoms with Gasteiger partial charge in [0.1, 0.15) is 0 Å². The van der Waals surface area contributed by atoms with E-state index in [-0.39, 0.29) is 12.4 Å². The van der Waals surface area contributed by atoms with Crippen molar-refractivity contribution < 1.29 is 14.6 Å². The number of pyridine rings is 1. The number of aromatic nitrogens is 1. The lowest BCUT2D eigenvalue weighted by molar-refractivity contribution is 0.164. The van der Waals surface area contributed by atoms with Gasteiger partial charge in [0.25, 0.3) is 0 Å². The molecule has 1 N–H and O–H groups in total.